The zero-order valence-corrected chi connectivity index (χ0v) is 15.7. The van der Waals surface area contributed by atoms with Gasteiger partial charge < -0.3 is 14.8 Å². The molecule has 0 spiro atoms. The second-order valence-electron chi connectivity index (χ2n) is 6.65. The van der Waals surface area contributed by atoms with E-state index in [1.165, 1.54) is 24.3 Å². The van der Waals surface area contributed by atoms with Crippen LogP contribution >= 0.6 is 0 Å². The molecule has 2 rings (SSSR count). The van der Waals surface area contributed by atoms with E-state index < -0.39 is 24.5 Å². The van der Waals surface area contributed by atoms with Gasteiger partial charge in [0.1, 0.15) is 18.4 Å². The predicted molar refractivity (Wildman–Crippen MR) is 100 cm³/mol. The molecule has 0 aliphatic rings. The molecule has 2 aromatic rings. The highest BCUT2D eigenvalue weighted by Crippen LogP contribution is 2.16. The summed E-state index contributed by atoms with van der Waals surface area (Å²) < 4.78 is 34.0. The van der Waals surface area contributed by atoms with Crippen molar-refractivity contribution in [3.8, 4) is 5.75 Å². The first-order valence-corrected chi connectivity index (χ1v) is 8.91. The van der Waals surface area contributed by atoms with Crippen LogP contribution in [-0.2, 0) is 16.1 Å². The Kier molecular flexibility index (Phi) is 7.92. The van der Waals surface area contributed by atoms with Crippen LogP contribution < -0.4 is 10.1 Å². The molecular formula is C21H23F2NO4. The van der Waals surface area contributed by atoms with Gasteiger partial charge in [-0.1, -0.05) is 44.2 Å². The van der Waals surface area contributed by atoms with E-state index in [1.54, 1.807) is 0 Å². The minimum Gasteiger partial charge on any atom is -0.459 e. The monoisotopic (exact) mass is 391 g/mol. The number of hydrogen-bond donors (Lipinski definition) is 1. The molecule has 0 saturated heterocycles. The second-order valence-corrected chi connectivity index (χ2v) is 6.65. The van der Waals surface area contributed by atoms with Gasteiger partial charge in [-0.05, 0) is 42.2 Å². The van der Waals surface area contributed by atoms with E-state index in [9.17, 15) is 18.4 Å². The van der Waals surface area contributed by atoms with Gasteiger partial charge in [-0.3, -0.25) is 4.79 Å². The highest BCUT2D eigenvalue weighted by atomic mass is 19.3. The number of carbonyl (C=O) groups excluding carboxylic acids is 2. The van der Waals surface area contributed by atoms with Crippen LogP contribution in [0.15, 0.2) is 54.6 Å². The fourth-order valence-electron chi connectivity index (χ4n) is 2.54. The van der Waals surface area contributed by atoms with Crippen LogP contribution in [0.25, 0.3) is 0 Å². The zero-order valence-electron chi connectivity index (χ0n) is 15.7. The smallest absolute Gasteiger partial charge is 0.387 e. The first-order valence-electron chi connectivity index (χ1n) is 8.91. The molecule has 2 aromatic carbocycles. The van der Waals surface area contributed by atoms with Gasteiger partial charge >= 0.3 is 12.6 Å². The van der Waals surface area contributed by atoms with E-state index in [2.05, 4.69) is 10.1 Å². The topological polar surface area (TPSA) is 64.6 Å². The largest absolute Gasteiger partial charge is 0.459 e. The third-order valence-electron chi connectivity index (χ3n) is 3.86. The van der Waals surface area contributed by atoms with Crippen LogP contribution in [0.4, 0.5) is 8.78 Å². The highest BCUT2D eigenvalue weighted by Gasteiger charge is 2.24. The summed E-state index contributed by atoms with van der Waals surface area (Å²) in [5, 5.41) is 2.66. The van der Waals surface area contributed by atoms with Gasteiger partial charge in [-0.15, -0.1) is 0 Å². The summed E-state index contributed by atoms with van der Waals surface area (Å²) in [5.41, 5.74) is 1.08. The van der Waals surface area contributed by atoms with E-state index in [4.69, 9.17) is 4.74 Å². The van der Waals surface area contributed by atoms with Gasteiger partial charge in [0.05, 0.1) is 0 Å². The SMILES string of the molecule is CC(C)C[C@H](NC(=O)c1ccc(OC(F)F)cc1)C(=O)OCc1ccccc1. The Morgan fingerprint density at radius 1 is 1.00 bits per heavy atom. The van der Waals surface area contributed by atoms with Crippen molar-refractivity contribution in [3.05, 3.63) is 65.7 Å². The molecule has 1 amide bonds. The van der Waals surface area contributed by atoms with Crippen LogP contribution in [0.5, 0.6) is 5.75 Å². The number of carbonyl (C=O) groups is 2. The lowest BCUT2D eigenvalue weighted by molar-refractivity contribution is -0.147. The molecule has 7 heteroatoms. The lowest BCUT2D eigenvalue weighted by Crippen LogP contribution is -2.42. The number of esters is 1. The van der Waals surface area contributed by atoms with Crippen molar-refractivity contribution in [1.82, 2.24) is 5.32 Å². The maximum Gasteiger partial charge on any atom is 0.387 e. The van der Waals surface area contributed by atoms with Crippen molar-refractivity contribution in [2.24, 2.45) is 5.92 Å². The van der Waals surface area contributed by atoms with Crippen molar-refractivity contribution in [3.63, 3.8) is 0 Å². The molecule has 0 aliphatic heterocycles. The molecule has 0 saturated carbocycles. The lowest BCUT2D eigenvalue weighted by Gasteiger charge is -2.19. The van der Waals surface area contributed by atoms with E-state index >= 15 is 0 Å². The minimum atomic E-state index is -2.94. The van der Waals surface area contributed by atoms with Crippen LogP contribution in [0.2, 0.25) is 0 Å². The fourth-order valence-corrected chi connectivity index (χ4v) is 2.54. The second kappa shape index (κ2) is 10.4. The number of amides is 1. The Labute approximate surface area is 162 Å². The molecule has 1 N–H and O–H groups in total. The van der Waals surface area contributed by atoms with Crippen LogP contribution in [0.3, 0.4) is 0 Å². The van der Waals surface area contributed by atoms with Crippen molar-refractivity contribution >= 4 is 11.9 Å². The Hall–Kier alpha value is -2.96. The standard InChI is InChI=1S/C21H23F2NO4/c1-14(2)12-18(20(26)27-13-15-6-4-3-5-7-15)24-19(25)16-8-10-17(11-9-16)28-21(22)23/h3-11,14,18,21H,12-13H2,1-2H3,(H,24,25)/t18-/m0/s1. The quantitative estimate of drug-likeness (QED) is 0.652. The van der Waals surface area contributed by atoms with Crippen molar-refractivity contribution in [1.29, 1.82) is 0 Å². The molecule has 0 heterocycles. The fraction of sp³-hybridized carbons (Fsp3) is 0.333. The van der Waals surface area contributed by atoms with Crippen molar-refractivity contribution in [2.45, 2.75) is 39.5 Å². The first kappa shape index (κ1) is 21.3. The molecule has 5 nitrogen and oxygen atoms in total. The average Bonchev–Trinajstić information content (AvgIpc) is 2.66. The number of benzene rings is 2. The normalized spacial score (nSPS) is 11.9. The maximum atomic E-state index is 12.5. The lowest BCUT2D eigenvalue weighted by atomic mass is 10.0. The summed E-state index contributed by atoms with van der Waals surface area (Å²) in [6, 6.07) is 13.7. The molecule has 0 unspecified atom stereocenters. The Bertz CT molecular complexity index is 764. The Balaban J connectivity index is 1.99. The van der Waals surface area contributed by atoms with E-state index in [0.717, 1.165) is 5.56 Å². The molecule has 0 fully saturated rings. The van der Waals surface area contributed by atoms with Crippen molar-refractivity contribution < 1.29 is 27.8 Å². The van der Waals surface area contributed by atoms with E-state index in [0.29, 0.717) is 6.42 Å². The molecular weight excluding hydrogens is 368 g/mol. The number of ether oxygens (including phenoxy) is 2. The summed E-state index contributed by atoms with van der Waals surface area (Å²) in [5.74, 6) is -0.918. The summed E-state index contributed by atoms with van der Waals surface area (Å²) >= 11 is 0. The van der Waals surface area contributed by atoms with Gasteiger partial charge in [-0.25, -0.2) is 4.79 Å². The zero-order chi connectivity index (χ0) is 20.5. The van der Waals surface area contributed by atoms with E-state index in [-0.39, 0.29) is 23.8 Å². The Morgan fingerprint density at radius 3 is 2.21 bits per heavy atom. The number of hydrogen-bond acceptors (Lipinski definition) is 4. The van der Waals surface area contributed by atoms with Gasteiger partial charge in [0, 0.05) is 5.56 Å². The number of nitrogens with one attached hydrogen (secondary N) is 1. The van der Waals surface area contributed by atoms with Gasteiger partial charge in [0.2, 0.25) is 0 Å². The molecule has 150 valence electrons. The highest BCUT2D eigenvalue weighted by molar-refractivity contribution is 5.96. The molecule has 0 bridgehead atoms. The van der Waals surface area contributed by atoms with E-state index in [1.807, 2.05) is 44.2 Å². The summed E-state index contributed by atoms with van der Waals surface area (Å²) in [4.78, 5) is 24.9. The first-order chi connectivity index (χ1) is 13.3. The molecule has 0 aromatic heterocycles. The molecule has 0 radical (unpaired) electrons. The Morgan fingerprint density at radius 2 is 1.64 bits per heavy atom. The average molecular weight is 391 g/mol. The van der Waals surface area contributed by atoms with Gasteiger partial charge in [-0.2, -0.15) is 8.78 Å². The summed E-state index contributed by atoms with van der Waals surface area (Å²) in [6.45, 7) is 1.04. The third kappa shape index (κ3) is 6.98. The molecule has 28 heavy (non-hydrogen) atoms. The molecule has 0 aliphatic carbocycles. The van der Waals surface area contributed by atoms with Gasteiger partial charge in [0.15, 0.2) is 0 Å². The predicted octanol–water partition coefficient (Wildman–Crippen LogP) is 4.18. The third-order valence-corrected chi connectivity index (χ3v) is 3.86. The van der Waals surface area contributed by atoms with Gasteiger partial charge in [0.25, 0.3) is 5.91 Å². The summed E-state index contributed by atoms with van der Waals surface area (Å²) in [6.07, 6.45) is 0.409. The van der Waals surface area contributed by atoms with Crippen LogP contribution in [0, 0.1) is 5.92 Å². The summed E-state index contributed by atoms with van der Waals surface area (Å²) in [7, 11) is 0. The number of alkyl halides is 2. The van der Waals surface area contributed by atoms with Crippen molar-refractivity contribution in [2.75, 3.05) is 0 Å². The number of halogens is 2. The maximum absolute atomic E-state index is 12.5. The number of rotatable bonds is 9. The minimum absolute atomic E-state index is 0.0486. The molecule has 1 atom stereocenters. The van der Waals surface area contributed by atoms with Crippen LogP contribution in [0.1, 0.15) is 36.2 Å². The van der Waals surface area contributed by atoms with Crippen LogP contribution in [-0.4, -0.2) is 24.5 Å².